The summed E-state index contributed by atoms with van der Waals surface area (Å²) in [6.45, 7) is 5.60. The lowest BCUT2D eigenvalue weighted by molar-refractivity contribution is -0.140. The maximum absolute atomic E-state index is 13.9. The van der Waals surface area contributed by atoms with Crippen molar-refractivity contribution >= 4 is 39.1 Å². The zero-order valence-electron chi connectivity index (χ0n) is 21.2. The standard InChI is InChI=1S/C28H32ClN3O4S/c1-4-26(28(34)30-5-2)31(19-22-11-7-6-8-12-22)27(33)20-32(24-13-9-10-21(3)18-24)37(35,36)25-16-14-23(29)15-17-25/h6-18,26H,4-5,19-20H2,1-3H3,(H,30,34)/t26-/m0/s1. The first kappa shape index (κ1) is 28.2. The molecule has 0 bridgehead atoms. The van der Waals surface area contributed by atoms with Crippen LogP contribution in [0.5, 0.6) is 0 Å². The van der Waals surface area contributed by atoms with Gasteiger partial charge in [0.15, 0.2) is 0 Å². The maximum atomic E-state index is 13.9. The van der Waals surface area contributed by atoms with E-state index in [1.54, 1.807) is 18.2 Å². The third-order valence-corrected chi connectivity index (χ3v) is 7.94. The molecule has 0 heterocycles. The predicted molar refractivity (Wildman–Crippen MR) is 147 cm³/mol. The summed E-state index contributed by atoms with van der Waals surface area (Å²) < 4.78 is 28.7. The van der Waals surface area contributed by atoms with E-state index in [4.69, 9.17) is 11.6 Å². The van der Waals surface area contributed by atoms with Crippen molar-refractivity contribution in [1.29, 1.82) is 0 Å². The number of aryl methyl sites for hydroxylation is 1. The van der Waals surface area contributed by atoms with Crippen molar-refractivity contribution in [3.8, 4) is 0 Å². The lowest BCUT2D eigenvalue weighted by Crippen LogP contribution is -2.52. The molecule has 0 saturated heterocycles. The van der Waals surface area contributed by atoms with Crippen LogP contribution in [0.2, 0.25) is 5.02 Å². The van der Waals surface area contributed by atoms with E-state index in [1.165, 1.54) is 29.2 Å². The number of likely N-dealkylation sites (N-methyl/N-ethyl adjacent to an activating group) is 1. The van der Waals surface area contributed by atoms with Gasteiger partial charge in [0.1, 0.15) is 12.6 Å². The van der Waals surface area contributed by atoms with Crippen LogP contribution in [0.1, 0.15) is 31.4 Å². The second-order valence-electron chi connectivity index (χ2n) is 8.63. The number of benzene rings is 3. The molecule has 0 aliphatic rings. The van der Waals surface area contributed by atoms with Crippen LogP contribution in [-0.2, 0) is 26.2 Å². The van der Waals surface area contributed by atoms with Crippen molar-refractivity contribution in [3.05, 3.63) is 95.0 Å². The minimum atomic E-state index is -4.13. The van der Waals surface area contributed by atoms with Crippen molar-refractivity contribution < 1.29 is 18.0 Å². The average Bonchev–Trinajstić information content (AvgIpc) is 2.88. The Morgan fingerprint density at radius 1 is 0.946 bits per heavy atom. The number of carbonyl (C=O) groups excluding carboxylic acids is 2. The van der Waals surface area contributed by atoms with Gasteiger partial charge in [-0.3, -0.25) is 13.9 Å². The molecule has 3 aromatic rings. The Morgan fingerprint density at radius 2 is 1.62 bits per heavy atom. The number of hydrogen-bond donors (Lipinski definition) is 1. The van der Waals surface area contributed by atoms with Gasteiger partial charge < -0.3 is 10.2 Å². The number of carbonyl (C=O) groups is 2. The van der Waals surface area contributed by atoms with E-state index in [0.717, 1.165) is 15.4 Å². The molecule has 0 saturated carbocycles. The van der Waals surface area contributed by atoms with Crippen molar-refractivity contribution in [2.24, 2.45) is 0 Å². The predicted octanol–water partition coefficient (Wildman–Crippen LogP) is 4.79. The first-order valence-electron chi connectivity index (χ1n) is 12.1. The van der Waals surface area contributed by atoms with Gasteiger partial charge in [-0.05, 0) is 67.8 Å². The van der Waals surface area contributed by atoms with E-state index in [2.05, 4.69) is 5.32 Å². The summed E-state index contributed by atoms with van der Waals surface area (Å²) in [5.74, 6) is -0.766. The second-order valence-corrected chi connectivity index (χ2v) is 10.9. The normalized spacial score (nSPS) is 12.0. The first-order valence-corrected chi connectivity index (χ1v) is 13.9. The summed E-state index contributed by atoms with van der Waals surface area (Å²) in [6.07, 6.45) is 0.374. The van der Waals surface area contributed by atoms with Crippen LogP contribution in [0.25, 0.3) is 0 Å². The summed E-state index contributed by atoms with van der Waals surface area (Å²) in [7, 11) is -4.13. The van der Waals surface area contributed by atoms with Gasteiger partial charge in [0.2, 0.25) is 11.8 Å². The van der Waals surface area contributed by atoms with E-state index in [1.807, 2.05) is 57.2 Å². The lowest BCUT2D eigenvalue weighted by atomic mass is 10.1. The average molecular weight is 542 g/mol. The van der Waals surface area contributed by atoms with E-state index >= 15 is 0 Å². The van der Waals surface area contributed by atoms with Gasteiger partial charge in [-0.2, -0.15) is 0 Å². The fourth-order valence-electron chi connectivity index (χ4n) is 4.04. The first-order chi connectivity index (χ1) is 17.7. The molecule has 0 aromatic heterocycles. The van der Waals surface area contributed by atoms with Gasteiger partial charge in [-0.25, -0.2) is 8.42 Å². The second kappa shape index (κ2) is 12.7. The Balaban J connectivity index is 2.05. The molecule has 0 fully saturated rings. The highest BCUT2D eigenvalue weighted by atomic mass is 35.5. The van der Waals surface area contributed by atoms with E-state index < -0.39 is 28.5 Å². The lowest BCUT2D eigenvalue weighted by Gasteiger charge is -2.33. The number of rotatable bonds is 11. The Kier molecular flexibility index (Phi) is 9.72. The minimum Gasteiger partial charge on any atom is -0.355 e. The van der Waals surface area contributed by atoms with Crippen LogP contribution < -0.4 is 9.62 Å². The zero-order chi connectivity index (χ0) is 27.0. The Morgan fingerprint density at radius 3 is 2.22 bits per heavy atom. The third-order valence-electron chi connectivity index (χ3n) is 5.90. The van der Waals surface area contributed by atoms with Crippen molar-refractivity contribution in [2.45, 2.75) is 44.7 Å². The number of anilines is 1. The molecule has 0 spiro atoms. The Bertz CT molecular complexity index is 1310. The molecule has 9 heteroatoms. The summed E-state index contributed by atoms with van der Waals surface area (Å²) >= 11 is 5.98. The largest absolute Gasteiger partial charge is 0.355 e. The fourth-order valence-corrected chi connectivity index (χ4v) is 5.57. The van der Waals surface area contributed by atoms with Crippen molar-refractivity contribution in [1.82, 2.24) is 10.2 Å². The molecular formula is C28H32ClN3O4S. The molecule has 0 aliphatic heterocycles. The molecule has 0 radical (unpaired) electrons. The van der Waals surface area contributed by atoms with Crippen LogP contribution in [0.4, 0.5) is 5.69 Å². The van der Waals surface area contributed by atoms with E-state index in [9.17, 15) is 18.0 Å². The number of nitrogens with one attached hydrogen (secondary N) is 1. The van der Waals surface area contributed by atoms with Crippen molar-refractivity contribution in [3.63, 3.8) is 0 Å². The topological polar surface area (TPSA) is 86.8 Å². The molecule has 1 N–H and O–H groups in total. The number of halogens is 1. The van der Waals surface area contributed by atoms with Gasteiger partial charge in [-0.1, -0.05) is 61.0 Å². The zero-order valence-corrected chi connectivity index (χ0v) is 22.8. The molecule has 37 heavy (non-hydrogen) atoms. The molecule has 1 atom stereocenters. The molecule has 0 unspecified atom stereocenters. The van der Waals surface area contributed by atoms with Crippen LogP contribution in [0, 0.1) is 6.92 Å². The maximum Gasteiger partial charge on any atom is 0.264 e. The Labute approximate surface area is 224 Å². The number of nitrogens with zero attached hydrogens (tertiary/aromatic N) is 2. The monoisotopic (exact) mass is 541 g/mol. The smallest absolute Gasteiger partial charge is 0.264 e. The molecule has 2 amide bonds. The number of amides is 2. The fraction of sp³-hybridized carbons (Fsp3) is 0.286. The number of hydrogen-bond acceptors (Lipinski definition) is 4. The quantitative estimate of drug-likeness (QED) is 0.378. The van der Waals surface area contributed by atoms with E-state index in [0.29, 0.717) is 23.7 Å². The van der Waals surface area contributed by atoms with Gasteiger partial charge in [0.25, 0.3) is 10.0 Å². The van der Waals surface area contributed by atoms with Gasteiger partial charge in [0, 0.05) is 18.1 Å². The highest BCUT2D eigenvalue weighted by Gasteiger charge is 2.33. The van der Waals surface area contributed by atoms with Crippen LogP contribution in [0.3, 0.4) is 0 Å². The molecule has 7 nitrogen and oxygen atoms in total. The molecule has 196 valence electrons. The molecular weight excluding hydrogens is 510 g/mol. The summed E-state index contributed by atoms with van der Waals surface area (Å²) in [5.41, 5.74) is 2.03. The van der Waals surface area contributed by atoms with Crippen LogP contribution in [0.15, 0.2) is 83.8 Å². The summed E-state index contributed by atoms with van der Waals surface area (Å²) in [5, 5.41) is 3.20. The highest BCUT2D eigenvalue weighted by Crippen LogP contribution is 2.26. The van der Waals surface area contributed by atoms with Gasteiger partial charge in [0.05, 0.1) is 10.6 Å². The minimum absolute atomic E-state index is 0.0107. The van der Waals surface area contributed by atoms with Crippen molar-refractivity contribution in [2.75, 3.05) is 17.4 Å². The van der Waals surface area contributed by atoms with Gasteiger partial charge >= 0.3 is 0 Å². The van der Waals surface area contributed by atoms with Gasteiger partial charge in [-0.15, -0.1) is 0 Å². The van der Waals surface area contributed by atoms with E-state index in [-0.39, 0.29) is 17.3 Å². The summed E-state index contributed by atoms with van der Waals surface area (Å²) in [4.78, 5) is 28.3. The molecule has 0 aliphatic carbocycles. The number of sulfonamides is 1. The highest BCUT2D eigenvalue weighted by molar-refractivity contribution is 7.92. The summed E-state index contributed by atoms with van der Waals surface area (Å²) in [6, 6.07) is 21.3. The van der Waals surface area contributed by atoms with Crippen LogP contribution >= 0.6 is 11.6 Å². The Hall–Kier alpha value is -3.36. The SMILES string of the molecule is CCNC(=O)[C@H](CC)N(Cc1ccccc1)C(=O)CN(c1cccc(C)c1)S(=O)(=O)c1ccc(Cl)cc1. The molecule has 3 aromatic carbocycles. The third kappa shape index (κ3) is 7.11. The van der Waals surface area contributed by atoms with Crippen LogP contribution in [-0.4, -0.2) is 44.3 Å². The molecule has 3 rings (SSSR count).